The molecule has 3 unspecified atom stereocenters. The first-order valence-corrected chi connectivity index (χ1v) is 33.9. The number of hydrogen-bond donors (Lipinski definition) is 2. The van der Waals surface area contributed by atoms with Crippen LogP contribution >= 0.6 is 7.82 Å². The number of rotatable bonds is 59. The monoisotopic (exact) mass is 1160 g/mol. The zero-order valence-electron chi connectivity index (χ0n) is 51.9. The zero-order valence-corrected chi connectivity index (χ0v) is 52.8. The van der Waals surface area contributed by atoms with Gasteiger partial charge in [0, 0.05) is 19.3 Å². The van der Waals surface area contributed by atoms with Gasteiger partial charge in [-0.3, -0.25) is 23.4 Å². The summed E-state index contributed by atoms with van der Waals surface area (Å²) in [5.41, 5.74) is 0. The minimum Gasteiger partial charge on any atom is -0.462 e. The van der Waals surface area contributed by atoms with Gasteiger partial charge in [0.15, 0.2) is 6.10 Å². The fraction of sp³-hybridized carbons (Fsp3) is 0.671. The summed E-state index contributed by atoms with van der Waals surface area (Å²) in [6, 6.07) is 0. The van der Waals surface area contributed by atoms with Gasteiger partial charge >= 0.3 is 25.7 Å². The fourth-order valence-electron chi connectivity index (χ4n) is 8.44. The second-order valence-corrected chi connectivity index (χ2v) is 22.6. The molecule has 0 saturated heterocycles. The lowest BCUT2D eigenvalue weighted by Crippen LogP contribution is -2.30. The van der Waals surface area contributed by atoms with E-state index in [1.165, 1.54) is 96.3 Å². The molecule has 0 saturated carbocycles. The van der Waals surface area contributed by atoms with Crippen LogP contribution in [0.5, 0.6) is 0 Å². The van der Waals surface area contributed by atoms with Gasteiger partial charge in [-0.15, -0.1) is 0 Å². The van der Waals surface area contributed by atoms with Crippen LogP contribution in [0.25, 0.3) is 0 Å². The Morgan fingerprint density at radius 3 is 1.05 bits per heavy atom. The van der Waals surface area contributed by atoms with Crippen molar-refractivity contribution in [2.24, 2.45) is 0 Å². The summed E-state index contributed by atoms with van der Waals surface area (Å²) < 4.78 is 39.6. The number of unbranched alkanes of at least 4 members (excludes halogenated alkanes) is 22. The third-order valence-electron chi connectivity index (χ3n) is 13.4. The van der Waals surface area contributed by atoms with E-state index in [9.17, 15) is 28.9 Å². The molecule has 0 aliphatic heterocycles. The van der Waals surface area contributed by atoms with E-state index < -0.39 is 57.8 Å². The number of allylic oxidation sites excluding steroid dienone is 20. The molecule has 2 N–H and O–H groups in total. The largest absolute Gasteiger partial charge is 0.472 e. The summed E-state index contributed by atoms with van der Waals surface area (Å²) in [4.78, 5) is 48.8. The average molecular weight is 1170 g/mol. The number of hydrogen-bond acceptors (Lipinski definition) is 10. The maximum Gasteiger partial charge on any atom is 0.472 e. The highest BCUT2D eigenvalue weighted by molar-refractivity contribution is 7.47. The molecule has 0 aromatic rings. The molecule has 468 valence electrons. The maximum atomic E-state index is 13.0. The molecule has 0 aliphatic rings. The number of aliphatic hydroxyl groups excluding tert-OH is 1. The Morgan fingerprint density at radius 1 is 0.354 bits per heavy atom. The van der Waals surface area contributed by atoms with E-state index in [0.29, 0.717) is 25.7 Å². The quantitative estimate of drug-likeness (QED) is 0.0197. The molecule has 0 amide bonds. The Morgan fingerprint density at radius 2 is 0.659 bits per heavy atom. The lowest BCUT2D eigenvalue weighted by atomic mass is 10.1. The molecule has 0 fully saturated rings. The highest BCUT2D eigenvalue weighted by Gasteiger charge is 2.28. The molecule has 0 aromatic heterocycles. The lowest BCUT2D eigenvalue weighted by molar-refractivity contribution is -0.161. The molecule has 0 radical (unpaired) electrons. The zero-order chi connectivity index (χ0) is 59.8. The van der Waals surface area contributed by atoms with Crippen LogP contribution in [-0.2, 0) is 42.2 Å². The first-order chi connectivity index (χ1) is 40.2. The third-order valence-corrected chi connectivity index (χ3v) is 14.3. The Hall–Kier alpha value is -4.12. The van der Waals surface area contributed by atoms with E-state index >= 15 is 0 Å². The number of carbonyl (C=O) groups excluding carboxylic acids is 3. The van der Waals surface area contributed by atoms with Gasteiger partial charge in [-0.2, -0.15) is 0 Å². The van der Waals surface area contributed by atoms with Crippen molar-refractivity contribution >= 4 is 25.7 Å². The van der Waals surface area contributed by atoms with Crippen molar-refractivity contribution in [2.45, 2.75) is 277 Å². The summed E-state index contributed by atoms with van der Waals surface area (Å²) in [6.45, 7) is 4.40. The number of aliphatic hydroxyl groups is 1. The summed E-state index contributed by atoms with van der Waals surface area (Å²) >= 11 is 0. The van der Waals surface area contributed by atoms with Crippen molar-refractivity contribution in [3.05, 3.63) is 122 Å². The SMILES string of the molecule is CC/C=C\C/C=C\C/C=C\C/C=C\C/C=C\C/C=C\CCC(=O)OC(COC(=O)CCCCCCCCCCC/C=C\C/C=C\CCCCC)COP(=O)(O)OCC(CO)OC(=O)CCCCCCCCC/C=C\C/C=C\CCCCC. The number of carbonyl (C=O) groups is 3. The molecule has 11 nitrogen and oxygen atoms in total. The van der Waals surface area contributed by atoms with Crippen molar-refractivity contribution in [2.75, 3.05) is 26.4 Å². The van der Waals surface area contributed by atoms with Crippen molar-refractivity contribution in [3.8, 4) is 0 Å². The molecule has 0 bridgehead atoms. The Bertz CT molecular complexity index is 1840. The second kappa shape index (κ2) is 62.9. The van der Waals surface area contributed by atoms with E-state index in [0.717, 1.165) is 103 Å². The van der Waals surface area contributed by atoms with Gasteiger partial charge in [-0.25, -0.2) is 4.57 Å². The van der Waals surface area contributed by atoms with Crippen LogP contribution in [0.15, 0.2) is 122 Å². The van der Waals surface area contributed by atoms with Crippen LogP contribution in [0, 0.1) is 0 Å². The predicted molar refractivity (Wildman–Crippen MR) is 343 cm³/mol. The van der Waals surface area contributed by atoms with Gasteiger partial charge < -0.3 is 24.2 Å². The van der Waals surface area contributed by atoms with Crippen molar-refractivity contribution in [3.63, 3.8) is 0 Å². The van der Waals surface area contributed by atoms with E-state index in [1.54, 1.807) is 0 Å². The van der Waals surface area contributed by atoms with Gasteiger partial charge in [0.1, 0.15) is 12.7 Å². The summed E-state index contributed by atoms with van der Waals surface area (Å²) in [5.74, 6) is -1.58. The standard InChI is InChI=1S/C70H117O11P/c1-4-7-10-13-16-19-22-25-28-31-33-36-38-41-44-47-50-53-56-59-68(72)77-63-67(81-70(74)61-58-55-52-49-46-43-40-37-34-32-29-26-23-20-17-14-11-8-5-2)65-79-82(75,76)78-64-66(62-71)80-69(73)60-57-54-51-48-45-42-39-35-30-27-24-21-18-15-12-9-6-3/h8,11,16-21,25-30,34,37,43,46,52,55,66-67,71H,4-7,9-10,12-15,22-24,31-33,35-36,38-42,44-45,47-51,53-54,56-65H2,1-3H3,(H,75,76)/b11-8-,19-16-,20-17-,21-18-,28-25-,29-26-,30-27-,37-34-,46-43-,55-52-. The highest BCUT2D eigenvalue weighted by Crippen LogP contribution is 2.43. The Kier molecular flexibility index (Phi) is 59.8. The van der Waals surface area contributed by atoms with Gasteiger partial charge in [0.2, 0.25) is 0 Å². The van der Waals surface area contributed by atoms with Gasteiger partial charge in [-0.1, -0.05) is 245 Å². The molecule has 0 heterocycles. The third kappa shape index (κ3) is 60.5. The highest BCUT2D eigenvalue weighted by atomic mass is 31.2. The summed E-state index contributed by atoms with van der Waals surface area (Å²) in [5, 5.41) is 9.86. The average Bonchev–Trinajstić information content (AvgIpc) is 3.50. The van der Waals surface area contributed by atoms with Crippen LogP contribution in [0.2, 0.25) is 0 Å². The first-order valence-electron chi connectivity index (χ1n) is 32.4. The Labute approximate surface area is 500 Å². The fourth-order valence-corrected chi connectivity index (χ4v) is 9.23. The van der Waals surface area contributed by atoms with Crippen LogP contribution in [0.3, 0.4) is 0 Å². The molecule has 82 heavy (non-hydrogen) atoms. The van der Waals surface area contributed by atoms with Crippen molar-refractivity contribution in [1.82, 2.24) is 0 Å². The Balaban J connectivity index is 4.82. The topological polar surface area (TPSA) is 155 Å². The first kappa shape index (κ1) is 77.9. The second-order valence-electron chi connectivity index (χ2n) is 21.2. The number of esters is 3. The molecule has 0 spiro atoms. The smallest absolute Gasteiger partial charge is 0.462 e. The van der Waals surface area contributed by atoms with Crippen molar-refractivity contribution < 1.29 is 52.2 Å². The number of phosphoric acid groups is 1. The maximum absolute atomic E-state index is 13.0. The van der Waals surface area contributed by atoms with Gasteiger partial charge in [0.05, 0.1) is 19.8 Å². The molecule has 0 aromatic carbocycles. The molecule has 3 atom stereocenters. The van der Waals surface area contributed by atoms with Gasteiger partial charge in [-0.05, 0) is 122 Å². The van der Waals surface area contributed by atoms with Crippen LogP contribution in [-0.4, -0.2) is 66.5 Å². The normalized spacial score (nSPS) is 14.1. The van der Waals surface area contributed by atoms with Gasteiger partial charge in [0.25, 0.3) is 0 Å². The van der Waals surface area contributed by atoms with Crippen LogP contribution < -0.4 is 0 Å². The minimum atomic E-state index is -4.78. The van der Waals surface area contributed by atoms with Crippen molar-refractivity contribution in [1.29, 1.82) is 0 Å². The van der Waals surface area contributed by atoms with E-state index in [4.69, 9.17) is 23.3 Å². The number of phosphoric ester groups is 1. The predicted octanol–water partition coefficient (Wildman–Crippen LogP) is 19.9. The molecular formula is C70H117O11P. The molecule has 12 heteroatoms. The summed E-state index contributed by atoms with van der Waals surface area (Å²) in [7, 11) is -4.78. The van der Waals surface area contributed by atoms with E-state index in [2.05, 4.69) is 130 Å². The molecular weight excluding hydrogens is 1050 g/mol. The van der Waals surface area contributed by atoms with Crippen LogP contribution in [0.4, 0.5) is 0 Å². The minimum absolute atomic E-state index is 0.0358. The summed E-state index contributed by atoms with van der Waals surface area (Å²) in [6.07, 6.45) is 78.7. The lowest BCUT2D eigenvalue weighted by Gasteiger charge is -2.21. The van der Waals surface area contributed by atoms with Crippen LogP contribution in [0.1, 0.15) is 265 Å². The van der Waals surface area contributed by atoms with E-state index in [-0.39, 0.29) is 25.9 Å². The molecule has 0 aliphatic carbocycles. The number of ether oxygens (including phenoxy) is 3. The van der Waals surface area contributed by atoms with E-state index in [1.807, 2.05) is 12.2 Å². The molecule has 0 rings (SSSR count).